The second-order valence-corrected chi connectivity index (χ2v) is 15.8. The average Bonchev–Trinajstić information content (AvgIpc) is 3.75. The van der Waals surface area contributed by atoms with Crippen molar-refractivity contribution in [3.8, 4) is 33.4 Å². The molecule has 1 atom stereocenters. The Hall–Kier alpha value is -6.96. The number of nitrogens with zero attached hydrogens (tertiary/aromatic N) is 1. The molecule has 4 aliphatic carbocycles. The second kappa shape index (κ2) is 12.3. The minimum atomic E-state index is -0.579. The SMILES string of the molecule is C1=CCC(N(c2ccc(-c3ccccc3)cc2)c2cccc3c2C2(c4ccccc4-c4ccccc42)c2ccccc2C32c3ccccc3-c3ccccc32)C=C1. The summed E-state index contributed by atoms with van der Waals surface area (Å²) in [5.41, 5.74) is 19.8. The largest absolute Gasteiger partial charge is 0.334 e. The Bertz CT molecular complexity index is 2860. The van der Waals surface area contributed by atoms with Crippen molar-refractivity contribution in [2.45, 2.75) is 23.3 Å². The number of hydrogen-bond acceptors (Lipinski definition) is 1. The van der Waals surface area contributed by atoms with Crippen LogP contribution < -0.4 is 4.90 Å². The lowest BCUT2D eigenvalue weighted by Gasteiger charge is -2.51. The third-order valence-corrected chi connectivity index (χ3v) is 13.3. The molecule has 1 nitrogen and oxygen atoms in total. The van der Waals surface area contributed by atoms with E-state index in [2.05, 4.69) is 223 Å². The van der Waals surface area contributed by atoms with Gasteiger partial charge in [0.05, 0.1) is 16.9 Å². The molecule has 8 aromatic rings. The van der Waals surface area contributed by atoms with Gasteiger partial charge in [0.2, 0.25) is 0 Å². The second-order valence-electron chi connectivity index (χ2n) is 15.8. The number of hydrogen-bond donors (Lipinski definition) is 0. The quantitative estimate of drug-likeness (QED) is 0.175. The fourth-order valence-electron chi connectivity index (χ4n) is 11.2. The van der Waals surface area contributed by atoms with Crippen LogP contribution in [0, 0.1) is 0 Å². The molecule has 0 bridgehead atoms. The van der Waals surface area contributed by atoms with E-state index >= 15 is 0 Å². The van der Waals surface area contributed by atoms with E-state index < -0.39 is 10.8 Å². The van der Waals surface area contributed by atoms with Crippen LogP contribution in [0.4, 0.5) is 11.4 Å². The highest BCUT2D eigenvalue weighted by Gasteiger charge is 2.60. The van der Waals surface area contributed by atoms with E-state index in [1.165, 1.54) is 89.3 Å². The molecule has 0 saturated carbocycles. The summed E-state index contributed by atoms with van der Waals surface area (Å²) in [5.74, 6) is 0. The third kappa shape index (κ3) is 4.24. The highest BCUT2D eigenvalue weighted by Crippen LogP contribution is 2.69. The maximum absolute atomic E-state index is 2.65. The maximum atomic E-state index is 2.65. The van der Waals surface area contributed by atoms with Gasteiger partial charge in [-0.2, -0.15) is 0 Å². The van der Waals surface area contributed by atoms with Crippen molar-refractivity contribution in [3.63, 3.8) is 0 Å². The van der Waals surface area contributed by atoms with E-state index in [9.17, 15) is 0 Å². The summed E-state index contributed by atoms with van der Waals surface area (Å²) in [7, 11) is 0. The first kappa shape index (κ1) is 32.3. The number of benzene rings is 8. The zero-order valence-electron chi connectivity index (χ0n) is 31.5. The topological polar surface area (TPSA) is 3.24 Å². The lowest BCUT2D eigenvalue weighted by atomic mass is 9.52. The van der Waals surface area contributed by atoms with Crippen molar-refractivity contribution in [3.05, 3.63) is 263 Å². The van der Waals surface area contributed by atoms with Gasteiger partial charge < -0.3 is 4.90 Å². The molecule has 12 rings (SSSR count). The molecule has 1 heteroatoms. The average molecular weight is 726 g/mol. The Labute approximate surface area is 334 Å². The summed E-state index contributed by atoms with van der Waals surface area (Å²) in [5, 5.41) is 0. The van der Waals surface area contributed by atoms with E-state index in [-0.39, 0.29) is 6.04 Å². The Morgan fingerprint density at radius 3 is 1.37 bits per heavy atom. The molecule has 0 heterocycles. The Morgan fingerprint density at radius 2 is 0.825 bits per heavy atom. The molecule has 0 saturated heterocycles. The van der Waals surface area contributed by atoms with Crippen molar-refractivity contribution in [1.29, 1.82) is 0 Å². The smallest absolute Gasteiger partial charge is 0.0740 e. The Morgan fingerprint density at radius 1 is 0.368 bits per heavy atom. The van der Waals surface area contributed by atoms with Gasteiger partial charge in [0.15, 0.2) is 0 Å². The summed E-state index contributed by atoms with van der Waals surface area (Å²) in [6, 6.07) is 73.5. The fraction of sp³-hybridized carbons (Fsp3) is 0.0714. The van der Waals surface area contributed by atoms with Gasteiger partial charge in [0, 0.05) is 16.9 Å². The van der Waals surface area contributed by atoms with Gasteiger partial charge in [-0.05, 0) is 96.9 Å². The normalized spacial score (nSPS) is 16.7. The van der Waals surface area contributed by atoms with Crippen LogP contribution >= 0.6 is 0 Å². The summed E-state index contributed by atoms with van der Waals surface area (Å²) in [4.78, 5) is 2.65. The van der Waals surface area contributed by atoms with Crippen LogP contribution in [0.5, 0.6) is 0 Å². The molecular weight excluding hydrogens is 687 g/mol. The van der Waals surface area contributed by atoms with Gasteiger partial charge in [0.1, 0.15) is 0 Å². The maximum Gasteiger partial charge on any atom is 0.0740 e. The molecule has 0 fully saturated rings. The summed E-state index contributed by atoms with van der Waals surface area (Å²) >= 11 is 0. The van der Waals surface area contributed by atoms with Crippen molar-refractivity contribution in [1.82, 2.24) is 0 Å². The first-order valence-electron chi connectivity index (χ1n) is 20.2. The lowest BCUT2D eigenvalue weighted by molar-refractivity contribution is 0.628. The first-order chi connectivity index (χ1) is 28.3. The molecule has 8 aromatic carbocycles. The predicted molar refractivity (Wildman–Crippen MR) is 235 cm³/mol. The van der Waals surface area contributed by atoms with Crippen molar-refractivity contribution in [2.24, 2.45) is 0 Å². The van der Waals surface area contributed by atoms with E-state index in [0.717, 1.165) is 6.42 Å². The van der Waals surface area contributed by atoms with Crippen molar-refractivity contribution in [2.75, 3.05) is 4.90 Å². The highest BCUT2D eigenvalue weighted by molar-refractivity contribution is 5.96. The summed E-state index contributed by atoms with van der Waals surface area (Å²) in [6.45, 7) is 0. The standard InChI is InChI=1S/C56H39N/c1-3-18-38(19-4-1)39-34-36-41(37-35-39)57(40-20-5-2-6-21-40)53-33-17-32-52-54(53)56(48-28-13-9-24-44(48)45-25-10-14-29-49(45)56)51-31-16-15-30-50(51)55(52)46-26-11-7-22-42(46)43-23-8-12-27-47(43)55/h1-20,22-37,40H,21H2. The Balaban J connectivity index is 1.25. The number of allylic oxidation sites excluding steroid dienone is 2. The molecule has 0 aromatic heterocycles. The van der Waals surface area contributed by atoms with E-state index in [0.29, 0.717) is 0 Å². The van der Waals surface area contributed by atoms with E-state index in [1.54, 1.807) is 0 Å². The van der Waals surface area contributed by atoms with Crippen LogP contribution in [0.2, 0.25) is 0 Å². The molecular formula is C56H39N. The number of fused-ring (bicyclic) bond motifs is 16. The molecule has 2 spiro atoms. The minimum Gasteiger partial charge on any atom is -0.334 e. The summed E-state index contributed by atoms with van der Waals surface area (Å²) < 4.78 is 0. The van der Waals surface area contributed by atoms with Crippen LogP contribution in [0.15, 0.2) is 218 Å². The van der Waals surface area contributed by atoms with Gasteiger partial charge in [-0.15, -0.1) is 0 Å². The van der Waals surface area contributed by atoms with Gasteiger partial charge in [0.25, 0.3) is 0 Å². The van der Waals surface area contributed by atoms with E-state index in [4.69, 9.17) is 0 Å². The molecule has 0 amide bonds. The number of anilines is 2. The highest BCUT2D eigenvalue weighted by atomic mass is 15.2. The monoisotopic (exact) mass is 725 g/mol. The molecule has 268 valence electrons. The van der Waals surface area contributed by atoms with Crippen molar-refractivity contribution < 1.29 is 0 Å². The molecule has 0 N–H and O–H groups in total. The van der Waals surface area contributed by atoms with Crippen LogP contribution in [0.3, 0.4) is 0 Å². The predicted octanol–water partition coefficient (Wildman–Crippen LogP) is 13.4. The third-order valence-electron chi connectivity index (χ3n) is 13.3. The minimum absolute atomic E-state index is 0.115. The summed E-state index contributed by atoms with van der Waals surface area (Å²) in [6.07, 6.45) is 10.0. The Kier molecular flexibility index (Phi) is 6.95. The van der Waals surface area contributed by atoms with Crippen LogP contribution in [0.1, 0.15) is 50.9 Å². The molecule has 0 radical (unpaired) electrons. The molecule has 1 unspecified atom stereocenters. The van der Waals surface area contributed by atoms with Crippen LogP contribution in [-0.2, 0) is 10.8 Å². The number of rotatable bonds is 4. The van der Waals surface area contributed by atoms with Crippen LogP contribution in [-0.4, -0.2) is 6.04 Å². The molecule has 0 aliphatic heterocycles. The van der Waals surface area contributed by atoms with Gasteiger partial charge >= 0.3 is 0 Å². The zero-order chi connectivity index (χ0) is 37.6. The van der Waals surface area contributed by atoms with Gasteiger partial charge in [-0.25, -0.2) is 0 Å². The molecule has 4 aliphatic rings. The van der Waals surface area contributed by atoms with Gasteiger partial charge in [-0.1, -0.05) is 200 Å². The van der Waals surface area contributed by atoms with Gasteiger partial charge in [-0.3, -0.25) is 0 Å². The molecule has 57 heavy (non-hydrogen) atoms. The zero-order valence-corrected chi connectivity index (χ0v) is 31.5. The van der Waals surface area contributed by atoms with Crippen LogP contribution in [0.25, 0.3) is 33.4 Å². The van der Waals surface area contributed by atoms with E-state index in [1.807, 2.05) is 0 Å². The first-order valence-corrected chi connectivity index (χ1v) is 20.2. The van der Waals surface area contributed by atoms with Crippen molar-refractivity contribution >= 4 is 11.4 Å². The fourth-order valence-corrected chi connectivity index (χ4v) is 11.2. The lowest BCUT2D eigenvalue weighted by Crippen LogP contribution is -2.45.